The first-order valence-electron chi connectivity index (χ1n) is 6.33. The maximum Gasteiger partial charge on any atom is 0.330 e. The standard InChI is InChI=1S/C14H20N2O4/c1-15-7-8-19-9-10-20-14(17)6-4-12-3-5-13(18-2)16-11-12/h3-6,11,15H,7-10H2,1-2H3/b6-4+. The van der Waals surface area contributed by atoms with Gasteiger partial charge in [-0.05, 0) is 24.8 Å². The van der Waals surface area contributed by atoms with Crippen LogP contribution in [0, 0.1) is 0 Å². The van der Waals surface area contributed by atoms with Gasteiger partial charge in [-0.1, -0.05) is 0 Å². The number of carbonyl (C=O) groups excluding carboxylic acids is 1. The van der Waals surface area contributed by atoms with Gasteiger partial charge in [0.25, 0.3) is 0 Å². The van der Waals surface area contributed by atoms with Crippen LogP contribution in [0.15, 0.2) is 24.4 Å². The van der Waals surface area contributed by atoms with Crippen LogP contribution in [0.2, 0.25) is 0 Å². The summed E-state index contributed by atoms with van der Waals surface area (Å²) in [6.07, 6.45) is 4.61. The van der Waals surface area contributed by atoms with Crippen molar-refractivity contribution in [2.24, 2.45) is 0 Å². The van der Waals surface area contributed by atoms with Crippen molar-refractivity contribution in [3.8, 4) is 5.88 Å². The highest BCUT2D eigenvalue weighted by Crippen LogP contribution is 2.07. The smallest absolute Gasteiger partial charge is 0.330 e. The third-order valence-electron chi connectivity index (χ3n) is 2.35. The quantitative estimate of drug-likeness (QED) is 0.411. The maximum atomic E-state index is 11.4. The van der Waals surface area contributed by atoms with Crippen LogP contribution < -0.4 is 10.1 Å². The van der Waals surface area contributed by atoms with Crippen LogP contribution in [0.25, 0.3) is 6.08 Å². The highest BCUT2D eigenvalue weighted by atomic mass is 16.6. The number of hydrogen-bond donors (Lipinski definition) is 1. The SMILES string of the molecule is CNCCOCCOC(=O)/C=C/c1ccc(OC)nc1. The van der Waals surface area contributed by atoms with Crippen LogP contribution in [0.5, 0.6) is 5.88 Å². The molecule has 0 amide bonds. The molecule has 0 radical (unpaired) electrons. The van der Waals surface area contributed by atoms with Gasteiger partial charge >= 0.3 is 5.97 Å². The van der Waals surface area contributed by atoms with Gasteiger partial charge in [-0.25, -0.2) is 9.78 Å². The molecular formula is C14H20N2O4. The van der Waals surface area contributed by atoms with Gasteiger partial charge in [0.15, 0.2) is 0 Å². The molecule has 20 heavy (non-hydrogen) atoms. The number of methoxy groups -OCH3 is 1. The third-order valence-corrected chi connectivity index (χ3v) is 2.35. The summed E-state index contributed by atoms with van der Waals surface area (Å²) in [5.74, 6) is 0.126. The van der Waals surface area contributed by atoms with Crippen LogP contribution >= 0.6 is 0 Å². The van der Waals surface area contributed by atoms with Gasteiger partial charge in [0.1, 0.15) is 6.61 Å². The number of aromatic nitrogens is 1. The summed E-state index contributed by atoms with van der Waals surface area (Å²) in [5, 5.41) is 2.96. The van der Waals surface area contributed by atoms with Gasteiger partial charge in [0.05, 0.1) is 20.3 Å². The molecule has 6 nitrogen and oxygen atoms in total. The van der Waals surface area contributed by atoms with Gasteiger partial charge < -0.3 is 19.5 Å². The molecule has 0 atom stereocenters. The Bertz CT molecular complexity index is 418. The monoisotopic (exact) mass is 280 g/mol. The minimum atomic E-state index is -0.405. The molecule has 0 saturated carbocycles. The molecule has 1 heterocycles. The lowest BCUT2D eigenvalue weighted by Crippen LogP contribution is -2.16. The fourth-order valence-electron chi connectivity index (χ4n) is 1.30. The number of rotatable bonds is 9. The van der Waals surface area contributed by atoms with E-state index in [0.29, 0.717) is 19.1 Å². The maximum absolute atomic E-state index is 11.4. The number of hydrogen-bond acceptors (Lipinski definition) is 6. The lowest BCUT2D eigenvalue weighted by molar-refractivity contribution is -0.139. The van der Waals surface area contributed by atoms with Crippen LogP contribution in [-0.4, -0.2) is 51.5 Å². The predicted molar refractivity (Wildman–Crippen MR) is 75.5 cm³/mol. The van der Waals surface area contributed by atoms with E-state index in [-0.39, 0.29) is 6.61 Å². The van der Waals surface area contributed by atoms with Gasteiger partial charge in [0.2, 0.25) is 5.88 Å². The number of carbonyl (C=O) groups is 1. The van der Waals surface area contributed by atoms with Gasteiger partial charge in [-0.3, -0.25) is 0 Å². The van der Waals surface area contributed by atoms with Gasteiger partial charge in [-0.15, -0.1) is 0 Å². The van der Waals surface area contributed by atoms with Crippen LogP contribution in [0.3, 0.4) is 0 Å². The van der Waals surface area contributed by atoms with Crippen molar-refractivity contribution >= 4 is 12.0 Å². The Kier molecular flexibility index (Phi) is 8.02. The molecule has 1 aromatic rings. The van der Waals surface area contributed by atoms with E-state index < -0.39 is 5.97 Å². The first-order valence-corrected chi connectivity index (χ1v) is 6.33. The Morgan fingerprint density at radius 2 is 2.20 bits per heavy atom. The molecule has 0 bridgehead atoms. The van der Waals surface area contributed by atoms with Gasteiger partial charge in [-0.2, -0.15) is 0 Å². The Hall–Kier alpha value is -1.92. The molecule has 0 unspecified atom stereocenters. The number of pyridine rings is 1. The second-order valence-electron chi connectivity index (χ2n) is 3.85. The lowest BCUT2D eigenvalue weighted by Gasteiger charge is -2.03. The molecule has 1 aromatic heterocycles. The van der Waals surface area contributed by atoms with E-state index in [2.05, 4.69) is 10.3 Å². The number of likely N-dealkylation sites (N-methyl/N-ethyl adjacent to an activating group) is 1. The average molecular weight is 280 g/mol. The van der Waals surface area contributed by atoms with Crippen LogP contribution in [0.4, 0.5) is 0 Å². The summed E-state index contributed by atoms with van der Waals surface area (Å²) >= 11 is 0. The molecule has 0 aliphatic heterocycles. The zero-order valence-electron chi connectivity index (χ0n) is 11.8. The molecule has 0 fully saturated rings. The molecule has 0 spiro atoms. The second-order valence-corrected chi connectivity index (χ2v) is 3.85. The Morgan fingerprint density at radius 1 is 1.35 bits per heavy atom. The number of nitrogens with one attached hydrogen (secondary N) is 1. The molecule has 0 saturated heterocycles. The molecule has 110 valence electrons. The summed E-state index contributed by atoms with van der Waals surface area (Å²) in [6.45, 7) is 2.01. The van der Waals surface area contributed by atoms with Crippen LogP contribution in [-0.2, 0) is 14.3 Å². The van der Waals surface area contributed by atoms with E-state index in [9.17, 15) is 4.79 Å². The Morgan fingerprint density at radius 3 is 2.85 bits per heavy atom. The molecule has 6 heteroatoms. The summed E-state index contributed by atoms with van der Waals surface area (Å²) in [6, 6.07) is 3.52. The van der Waals surface area contributed by atoms with E-state index in [1.54, 1.807) is 31.5 Å². The minimum Gasteiger partial charge on any atom is -0.481 e. The van der Waals surface area contributed by atoms with Crippen molar-refractivity contribution in [1.29, 1.82) is 0 Å². The van der Waals surface area contributed by atoms with Crippen molar-refractivity contribution in [1.82, 2.24) is 10.3 Å². The Labute approximate surface area is 118 Å². The van der Waals surface area contributed by atoms with Crippen molar-refractivity contribution in [3.05, 3.63) is 30.0 Å². The Balaban J connectivity index is 2.22. The zero-order chi connectivity index (χ0) is 14.6. The molecule has 1 N–H and O–H groups in total. The van der Waals surface area contributed by atoms with Crippen molar-refractivity contribution in [2.45, 2.75) is 0 Å². The van der Waals surface area contributed by atoms with Crippen molar-refractivity contribution in [2.75, 3.05) is 40.5 Å². The number of esters is 1. The molecule has 0 aromatic carbocycles. The molecule has 0 aliphatic rings. The highest BCUT2D eigenvalue weighted by molar-refractivity contribution is 5.86. The van der Waals surface area contributed by atoms with E-state index in [0.717, 1.165) is 12.1 Å². The summed E-state index contributed by atoms with van der Waals surface area (Å²) < 4.78 is 15.1. The molecule has 0 aliphatic carbocycles. The first-order chi connectivity index (χ1) is 9.76. The summed E-state index contributed by atoms with van der Waals surface area (Å²) in [7, 11) is 3.40. The number of nitrogens with zero attached hydrogens (tertiary/aromatic N) is 1. The van der Waals surface area contributed by atoms with E-state index >= 15 is 0 Å². The fraction of sp³-hybridized carbons (Fsp3) is 0.429. The van der Waals surface area contributed by atoms with Crippen LogP contribution in [0.1, 0.15) is 5.56 Å². The second kappa shape index (κ2) is 9.94. The summed E-state index contributed by atoms with van der Waals surface area (Å²) in [5.41, 5.74) is 0.799. The predicted octanol–water partition coefficient (Wildman–Crippen LogP) is 0.883. The minimum absolute atomic E-state index is 0.244. The first kappa shape index (κ1) is 16.1. The topological polar surface area (TPSA) is 69.7 Å². The largest absolute Gasteiger partial charge is 0.481 e. The normalized spacial score (nSPS) is 10.7. The molecule has 1 rings (SSSR count). The van der Waals surface area contributed by atoms with E-state index in [1.807, 2.05) is 7.05 Å². The molecular weight excluding hydrogens is 260 g/mol. The van der Waals surface area contributed by atoms with E-state index in [4.69, 9.17) is 14.2 Å². The van der Waals surface area contributed by atoms with Crippen molar-refractivity contribution < 1.29 is 19.0 Å². The summed E-state index contributed by atoms with van der Waals surface area (Å²) in [4.78, 5) is 15.4. The average Bonchev–Trinajstić information content (AvgIpc) is 2.49. The lowest BCUT2D eigenvalue weighted by atomic mass is 10.2. The van der Waals surface area contributed by atoms with Gasteiger partial charge in [0, 0.05) is 24.9 Å². The third kappa shape index (κ3) is 6.86. The number of ether oxygens (including phenoxy) is 3. The zero-order valence-corrected chi connectivity index (χ0v) is 11.8. The van der Waals surface area contributed by atoms with Crippen molar-refractivity contribution in [3.63, 3.8) is 0 Å². The highest BCUT2D eigenvalue weighted by Gasteiger charge is 1.97. The van der Waals surface area contributed by atoms with E-state index in [1.165, 1.54) is 6.08 Å². The fourth-order valence-corrected chi connectivity index (χ4v) is 1.30.